The lowest BCUT2D eigenvalue weighted by molar-refractivity contribution is -0.384. The minimum absolute atomic E-state index is 0.0831. The number of aromatic nitrogens is 4. The van der Waals surface area contributed by atoms with Crippen LogP contribution in [0.1, 0.15) is 29.8 Å². The fourth-order valence-corrected chi connectivity index (χ4v) is 4.05. The van der Waals surface area contributed by atoms with Crippen molar-refractivity contribution in [2.45, 2.75) is 33.1 Å². The van der Waals surface area contributed by atoms with E-state index in [0.29, 0.717) is 11.7 Å². The van der Waals surface area contributed by atoms with Crippen molar-refractivity contribution in [3.63, 3.8) is 0 Å². The van der Waals surface area contributed by atoms with Crippen molar-refractivity contribution >= 4 is 11.5 Å². The van der Waals surface area contributed by atoms with E-state index in [4.69, 9.17) is 0 Å². The maximum absolute atomic E-state index is 11.9. The lowest BCUT2D eigenvalue weighted by atomic mass is 9.90. The highest BCUT2D eigenvalue weighted by Gasteiger charge is 2.31. The molecule has 2 aromatic heterocycles. The van der Waals surface area contributed by atoms with Gasteiger partial charge in [-0.3, -0.25) is 10.1 Å². The summed E-state index contributed by atoms with van der Waals surface area (Å²) in [4.78, 5) is 22.0. The largest absolute Gasteiger partial charge is 0.355 e. The summed E-state index contributed by atoms with van der Waals surface area (Å²) in [5.74, 6) is 1.17. The third-order valence-corrected chi connectivity index (χ3v) is 5.46. The van der Waals surface area contributed by atoms with Gasteiger partial charge in [0, 0.05) is 18.8 Å². The zero-order valence-electron chi connectivity index (χ0n) is 16.7. The van der Waals surface area contributed by atoms with E-state index >= 15 is 0 Å². The summed E-state index contributed by atoms with van der Waals surface area (Å²) >= 11 is 0. The molecule has 8 nitrogen and oxygen atoms in total. The normalized spacial score (nSPS) is 14.9. The molecule has 29 heavy (non-hydrogen) atoms. The van der Waals surface area contributed by atoms with Crippen molar-refractivity contribution in [1.82, 2.24) is 19.7 Å². The van der Waals surface area contributed by atoms with Crippen LogP contribution in [0.5, 0.6) is 0 Å². The van der Waals surface area contributed by atoms with E-state index in [2.05, 4.69) is 39.3 Å². The first-order chi connectivity index (χ1) is 14.0. The van der Waals surface area contributed by atoms with Gasteiger partial charge in [-0.25, -0.2) is 14.6 Å². The van der Waals surface area contributed by atoms with Crippen LogP contribution in [0.25, 0.3) is 5.82 Å². The van der Waals surface area contributed by atoms with Gasteiger partial charge in [0.05, 0.1) is 10.6 Å². The SMILES string of the molecule is Cc1cc(C)n(-c2ncnc(N3CCC(Cc4ccccc4)CC3)c2[N+](=O)[O-])n1. The lowest BCUT2D eigenvalue weighted by Crippen LogP contribution is -2.35. The molecular weight excluding hydrogens is 368 g/mol. The van der Waals surface area contributed by atoms with Crippen molar-refractivity contribution < 1.29 is 4.92 Å². The maximum atomic E-state index is 11.9. The molecule has 8 heteroatoms. The second-order valence-corrected chi connectivity index (χ2v) is 7.59. The van der Waals surface area contributed by atoms with Crippen LogP contribution in [0.3, 0.4) is 0 Å². The predicted octanol–water partition coefficient (Wildman–Crippen LogP) is 3.65. The average Bonchev–Trinajstić information content (AvgIpc) is 3.06. The first kappa shape index (κ1) is 19.0. The molecule has 1 aliphatic rings. The summed E-state index contributed by atoms with van der Waals surface area (Å²) in [6.07, 6.45) is 4.39. The van der Waals surface area contributed by atoms with Crippen LogP contribution >= 0.6 is 0 Å². The molecule has 3 aromatic rings. The van der Waals surface area contributed by atoms with Gasteiger partial charge in [-0.1, -0.05) is 30.3 Å². The minimum Gasteiger partial charge on any atom is -0.351 e. The number of hydrogen-bond acceptors (Lipinski definition) is 6. The molecule has 0 atom stereocenters. The Hall–Kier alpha value is -3.29. The van der Waals surface area contributed by atoms with Crippen molar-refractivity contribution in [3.05, 3.63) is 69.8 Å². The molecule has 0 saturated carbocycles. The van der Waals surface area contributed by atoms with Crippen LogP contribution in [-0.2, 0) is 6.42 Å². The molecule has 0 unspecified atom stereocenters. The van der Waals surface area contributed by atoms with E-state index in [1.165, 1.54) is 16.6 Å². The van der Waals surface area contributed by atoms with Crippen LogP contribution in [0.15, 0.2) is 42.7 Å². The van der Waals surface area contributed by atoms with Gasteiger partial charge in [0.2, 0.25) is 11.6 Å². The average molecular weight is 392 g/mol. The second kappa shape index (κ2) is 7.98. The Bertz CT molecular complexity index is 1010. The molecule has 4 rings (SSSR count). The first-order valence-corrected chi connectivity index (χ1v) is 9.85. The third-order valence-electron chi connectivity index (χ3n) is 5.46. The van der Waals surface area contributed by atoms with Crippen molar-refractivity contribution in [1.29, 1.82) is 0 Å². The number of rotatable bonds is 5. The Morgan fingerprint density at radius 2 is 1.79 bits per heavy atom. The highest BCUT2D eigenvalue weighted by Crippen LogP contribution is 2.34. The van der Waals surface area contributed by atoms with E-state index in [0.717, 1.165) is 43.7 Å². The van der Waals surface area contributed by atoms with E-state index in [-0.39, 0.29) is 11.5 Å². The molecule has 0 radical (unpaired) electrons. The molecule has 0 N–H and O–H groups in total. The molecule has 150 valence electrons. The van der Waals surface area contributed by atoms with Crippen molar-refractivity contribution in [2.24, 2.45) is 5.92 Å². The number of anilines is 1. The van der Waals surface area contributed by atoms with E-state index in [1.54, 1.807) is 0 Å². The van der Waals surface area contributed by atoms with E-state index < -0.39 is 4.92 Å². The second-order valence-electron chi connectivity index (χ2n) is 7.59. The highest BCUT2D eigenvalue weighted by atomic mass is 16.6. The zero-order chi connectivity index (χ0) is 20.4. The summed E-state index contributed by atoms with van der Waals surface area (Å²) < 4.78 is 1.53. The molecule has 1 aliphatic heterocycles. The number of nitro groups is 1. The minimum atomic E-state index is -0.392. The Morgan fingerprint density at radius 3 is 2.41 bits per heavy atom. The standard InChI is InChI=1S/C21H24N6O2/c1-15-12-16(2)26(24-15)21-19(27(28)29)20(22-14-23-21)25-10-8-18(9-11-25)13-17-6-4-3-5-7-17/h3-7,12,14,18H,8-11,13H2,1-2H3. The first-order valence-electron chi connectivity index (χ1n) is 9.85. The van der Waals surface area contributed by atoms with Crippen LogP contribution < -0.4 is 4.90 Å². The number of nitrogens with zero attached hydrogens (tertiary/aromatic N) is 6. The van der Waals surface area contributed by atoms with Gasteiger partial charge < -0.3 is 4.90 Å². The topological polar surface area (TPSA) is 90.0 Å². The Morgan fingerprint density at radius 1 is 1.10 bits per heavy atom. The smallest absolute Gasteiger partial charge is 0.351 e. The highest BCUT2D eigenvalue weighted by molar-refractivity contribution is 5.65. The van der Waals surface area contributed by atoms with Gasteiger partial charge in [-0.15, -0.1) is 0 Å². The summed E-state index contributed by atoms with van der Waals surface area (Å²) in [5, 5.41) is 16.3. The molecule has 0 amide bonds. The van der Waals surface area contributed by atoms with Gasteiger partial charge in [0.1, 0.15) is 6.33 Å². The Balaban J connectivity index is 1.57. The van der Waals surface area contributed by atoms with Gasteiger partial charge in [-0.2, -0.15) is 5.10 Å². The molecule has 3 heterocycles. The van der Waals surface area contributed by atoms with Gasteiger partial charge in [0.15, 0.2) is 0 Å². The molecule has 1 aromatic carbocycles. The van der Waals surface area contributed by atoms with Gasteiger partial charge >= 0.3 is 5.69 Å². The Labute approximate surface area is 169 Å². The summed E-state index contributed by atoms with van der Waals surface area (Å²) in [6.45, 7) is 5.20. The maximum Gasteiger partial charge on any atom is 0.355 e. The molecular formula is C21H24N6O2. The number of benzene rings is 1. The number of piperidine rings is 1. The van der Waals surface area contributed by atoms with E-state index in [1.807, 2.05) is 30.9 Å². The lowest BCUT2D eigenvalue weighted by Gasteiger charge is -2.32. The van der Waals surface area contributed by atoms with Gasteiger partial charge in [0.25, 0.3) is 0 Å². The molecule has 1 saturated heterocycles. The van der Waals surface area contributed by atoms with Gasteiger partial charge in [-0.05, 0) is 50.7 Å². The molecule has 0 bridgehead atoms. The van der Waals surface area contributed by atoms with Crippen molar-refractivity contribution in [3.8, 4) is 5.82 Å². The summed E-state index contributed by atoms with van der Waals surface area (Å²) in [7, 11) is 0. The number of aryl methyl sites for hydroxylation is 2. The van der Waals surface area contributed by atoms with Crippen LogP contribution in [0, 0.1) is 29.9 Å². The van der Waals surface area contributed by atoms with Crippen LogP contribution in [0.4, 0.5) is 11.5 Å². The van der Waals surface area contributed by atoms with Crippen LogP contribution in [0.2, 0.25) is 0 Å². The quantitative estimate of drug-likeness (QED) is 0.486. The van der Waals surface area contributed by atoms with E-state index in [9.17, 15) is 10.1 Å². The predicted molar refractivity (Wildman–Crippen MR) is 110 cm³/mol. The molecule has 0 aliphatic carbocycles. The zero-order valence-corrected chi connectivity index (χ0v) is 16.7. The van der Waals surface area contributed by atoms with Crippen molar-refractivity contribution in [2.75, 3.05) is 18.0 Å². The summed E-state index contributed by atoms with van der Waals surface area (Å²) in [6, 6.07) is 12.3. The molecule has 0 spiro atoms. The molecule has 1 fully saturated rings. The third kappa shape index (κ3) is 3.96. The fourth-order valence-electron chi connectivity index (χ4n) is 4.05. The monoisotopic (exact) mass is 392 g/mol. The Kier molecular flexibility index (Phi) is 5.24. The number of hydrogen-bond donors (Lipinski definition) is 0. The summed E-state index contributed by atoms with van der Waals surface area (Å²) in [5.41, 5.74) is 2.85. The van der Waals surface area contributed by atoms with Crippen LogP contribution in [-0.4, -0.2) is 37.8 Å². The fraction of sp³-hybridized carbons (Fsp3) is 0.381.